The second-order valence-electron chi connectivity index (χ2n) is 5.04. The highest BCUT2D eigenvalue weighted by Crippen LogP contribution is 2.06. The van der Waals surface area contributed by atoms with Gasteiger partial charge in [-0.25, -0.2) is 0 Å². The molecule has 0 aliphatic carbocycles. The second-order valence-corrected chi connectivity index (χ2v) is 5.04. The molecule has 2 aromatic heterocycles. The van der Waals surface area contributed by atoms with E-state index in [1.807, 2.05) is 31.2 Å². The van der Waals surface area contributed by atoms with Crippen molar-refractivity contribution in [2.24, 2.45) is 0 Å². The summed E-state index contributed by atoms with van der Waals surface area (Å²) >= 11 is 0. The van der Waals surface area contributed by atoms with Gasteiger partial charge in [-0.15, -0.1) is 10.2 Å². The van der Waals surface area contributed by atoms with Crippen molar-refractivity contribution in [1.29, 1.82) is 0 Å². The van der Waals surface area contributed by atoms with E-state index in [0.717, 1.165) is 5.56 Å². The predicted octanol–water partition coefficient (Wildman–Crippen LogP) is 2.27. The third kappa shape index (κ3) is 3.41. The molecule has 0 spiro atoms. The Labute approximate surface area is 127 Å². The van der Waals surface area contributed by atoms with Crippen LogP contribution >= 0.6 is 0 Å². The van der Waals surface area contributed by atoms with E-state index in [9.17, 15) is 4.79 Å². The molecule has 0 radical (unpaired) electrons. The summed E-state index contributed by atoms with van der Waals surface area (Å²) in [7, 11) is 0. The van der Waals surface area contributed by atoms with Crippen molar-refractivity contribution < 1.29 is 4.42 Å². The van der Waals surface area contributed by atoms with Crippen LogP contribution in [0.5, 0.6) is 0 Å². The standard InChI is InChI=1S/C16H16N4O2/c1-11-4-6-12(7-5-11)10-17-16-18-15(21)14(19-20-16)9-13-3-2-8-22-13/h2-8H,9-10H2,1H3,(H2,17,18,20,21). The highest BCUT2D eigenvalue weighted by Gasteiger charge is 2.07. The molecule has 0 aliphatic rings. The van der Waals surface area contributed by atoms with Gasteiger partial charge in [0.15, 0.2) is 0 Å². The predicted molar refractivity (Wildman–Crippen MR) is 82.7 cm³/mol. The zero-order valence-corrected chi connectivity index (χ0v) is 12.2. The average Bonchev–Trinajstić information content (AvgIpc) is 3.02. The number of nitrogens with zero attached hydrogens (tertiary/aromatic N) is 2. The van der Waals surface area contributed by atoms with Gasteiger partial charge < -0.3 is 9.73 Å². The van der Waals surface area contributed by atoms with E-state index in [-0.39, 0.29) is 5.56 Å². The summed E-state index contributed by atoms with van der Waals surface area (Å²) in [6.45, 7) is 2.61. The molecule has 6 heteroatoms. The Bertz CT molecular complexity index is 792. The van der Waals surface area contributed by atoms with Gasteiger partial charge in [0, 0.05) is 6.54 Å². The van der Waals surface area contributed by atoms with Crippen molar-refractivity contribution in [3.63, 3.8) is 0 Å². The topological polar surface area (TPSA) is 83.8 Å². The highest BCUT2D eigenvalue weighted by atomic mass is 16.3. The molecule has 0 saturated carbocycles. The number of aromatic amines is 1. The molecular weight excluding hydrogens is 280 g/mol. The Morgan fingerprint density at radius 3 is 2.68 bits per heavy atom. The Kier molecular flexibility index (Phi) is 4.00. The summed E-state index contributed by atoms with van der Waals surface area (Å²) in [5.74, 6) is 1.04. The molecule has 1 aromatic carbocycles. The average molecular weight is 296 g/mol. The molecule has 2 N–H and O–H groups in total. The molecule has 6 nitrogen and oxygen atoms in total. The van der Waals surface area contributed by atoms with Crippen LogP contribution in [0.15, 0.2) is 51.9 Å². The van der Waals surface area contributed by atoms with Crippen molar-refractivity contribution in [1.82, 2.24) is 15.2 Å². The van der Waals surface area contributed by atoms with Crippen LogP contribution in [0, 0.1) is 6.92 Å². The fraction of sp³-hybridized carbons (Fsp3) is 0.188. The van der Waals surface area contributed by atoms with Crippen molar-refractivity contribution in [2.45, 2.75) is 19.9 Å². The van der Waals surface area contributed by atoms with E-state index in [1.54, 1.807) is 18.4 Å². The van der Waals surface area contributed by atoms with Crippen LogP contribution < -0.4 is 10.9 Å². The minimum absolute atomic E-state index is 0.266. The number of aromatic nitrogens is 3. The highest BCUT2D eigenvalue weighted by molar-refractivity contribution is 5.28. The van der Waals surface area contributed by atoms with Crippen LogP contribution in [0.4, 0.5) is 5.95 Å². The normalized spacial score (nSPS) is 10.6. The van der Waals surface area contributed by atoms with E-state index in [2.05, 4.69) is 20.5 Å². The van der Waals surface area contributed by atoms with E-state index in [0.29, 0.717) is 30.4 Å². The molecule has 0 atom stereocenters. The van der Waals surface area contributed by atoms with Gasteiger partial charge in [-0.05, 0) is 24.6 Å². The summed E-state index contributed by atoms with van der Waals surface area (Å²) in [4.78, 5) is 14.7. The number of nitrogens with one attached hydrogen (secondary N) is 2. The number of benzene rings is 1. The second kappa shape index (κ2) is 6.26. The molecule has 3 rings (SSSR count). The van der Waals surface area contributed by atoms with Crippen molar-refractivity contribution in [3.8, 4) is 0 Å². The molecule has 3 aromatic rings. The number of aryl methyl sites for hydroxylation is 1. The summed E-state index contributed by atoms with van der Waals surface area (Å²) in [5.41, 5.74) is 2.38. The quantitative estimate of drug-likeness (QED) is 0.754. The third-order valence-electron chi connectivity index (χ3n) is 3.27. The zero-order valence-electron chi connectivity index (χ0n) is 12.2. The third-order valence-corrected chi connectivity index (χ3v) is 3.27. The van der Waals surface area contributed by atoms with Crippen LogP contribution in [0.25, 0.3) is 0 Å². The molecular formula is C16H16N4O2. The first-order valence-electron chi connectivity index (χ1n) is 6.98. The summed E-state index contributed by atoms with van der Waals surface area (Å²) in [6, 6.07) is 11.7. The van der Waals surface area contributed by atoms with Gasteiger partial charge >= 0.3 is 0 Å². The van der Waals surface area contributed by atoms with Gasteiger partial charge in [0.2, 0.25) is 5.95 Å². The minimum atomic E-state index is -0.266. The first-order chi connectivity index (χ1) is 10.7. The fourth-order valence-corrected chi connectivity index (χ4v) is 2.03. The van der Waals surface area contributed by atoms with Crippen LogP contribution in [-0.4, -0.2) is 15.2 Å². The van der Waals surface area contributed by atoms with Crippen LogP contribution in [0.3, 0.4) is 0 Å². The maximum Gasteiger partial charge on any atom is 0.274 e. The summed E-state index contributed by atoms with van der Waals surface area (Å²) in [5, 5.41) is 11.0. The number of rotatable bonds is 5. The summed E-state index contributed by atoms with van der Waals surface area (Å²) in [6.07, 6.45) is 1.89. The lowest BCUT2D eigenvalue weighted by molar-refractivity contribution is 0.517. The summed E-state index contributed by atoms with van der Waals surface area (Å²) < 4.78 is 5.20. The number of hydrogen-bond donors (Lipinski definition) is 2. The molecule has 2 heterocycles. The monoisotopic (exact) mass is 296 g/mol. The Hall–Kier alpha value is -2.89. The molecule has 0 unspecified atom stereocenters. The SMILES string of the molecule is Cc1ccc(CNc2nnc(Cc3ccco3)c(=O)[nH]2)cc1. The number of furan rings is 1. The van der Waals surface area contributed by atoms with Crippen molar-refractivity contribution in [3.05, 3.63) is 75.6 Å². The van der Waals surface area contributed by atoms with Gasteiger partial charge in [0.1, 0.15) is 11.5 Å². The first-order valence-corrected chi connectivity index (χ1v) is 6.98. The number of hydrogen-bond acceptors (Lipinski definition) is 5. The lowest BCUT2D eigenvalue weighted by Gasteiger charge is -2.05. The van der Waals surface area contributed by atoms with E-state index >= 15 is 0 Å². The largest absolute Gasteiger partial charge is 0.469 e. The zero-order chi connectivity index (χ0) is 15.4. The smallest absolute Gasteiger partial charge is 0.274 e. The van der Waals surface area contributed by atoms with Gasteiger partial charge in [-0.1, -0.05) is 29.8 Å². The lowest BCUT2D eigenvalue weighted by atomic mass is 10.1. The van der Waals surface area contributed by atoms with E-state index < -0.39 is 0 Å². The number of H-pyrrole nitrogens is 1. The lowest BCUT2D eigenvalue weighted by Crippen LogP contribution is -2.19. The molecule has 22 heavy (non-hydrogen) atoms. The first kappa shape index (κ1) is 14.1. The molecule has 0 fully saturated rings. The molecule has 112 valence electrons. The molecule has 0 bridgehead atoms. The maximum absolute atomic E-state index is 12.0. The molecule has 0 saturated heterocycles. The Morgan fingerprint density at radius 2 is 2.00 bits per heavy atom. The molecule has 0 amide bonds. The minimum Gasteiger partial charge on any atom is -0.469 e. The van der Waals surface area contributed by atoms with Crippen LogP contribution in [0.1, 0.15) is 22.6 Å². The van der Waals surface area contributed by atoms with E-state index in [1.165, 1.54) is 5.56 Å². The van der Waals surface area contributed by atoms with Crippen LogP contribution in [0.2, 0.25) is 0 Å². The maximum atomic E-state index is 12.0. The van der Waals surface area contributed by atoms with E-state index in [4.69, 9.17) is 4.42 Å². The van der Waals surface area contributed by atoms with Gasteiger partial charge in [0.25, 0.3) is 5.56 Å². The molecule has 0 aliphatic heterocycles. The fourth-order valence-electron chi connectivity index (χ4n) is 2.03. The Balaban J connectivity index is 1.66. The Morgan fingerprint density at radius 1 is 1.18 bits per heavy atom. The van der Waals surface area contributed by atoms with Gasteiger partial charge in [0.05, 0.1) is 12.7 Å². The van der Waals surface area contributed by atoms with Crippen LogP contribution in [-0.2, 0) is 13.0 Å². The van der Waals surface area contributed by atoms with Crippen molar-refractivity contribution >= 4 is 5.95 Å². The number of anilines is 1. The van der Waals surface area contributed by atoms with Gasteiger partial charge in [-0.2, -0.15) is 0 Å². The van der Waals surface area contributed by atoms with Crippen molar-refractivity contribution in [2.75, 3.05) is 5.32 Å². The van der Waals surface area contributed by atoms with Gasteiger partial charge in [-0.3, -0.25) is 9.78 Å².